The third-order valence-corrected chi connectivity index (χ3v) is 2.88. The Hall–Kier alpha value is -1.89. The van der Waals surface area contributed by atoms with Crippen molar-refractivity contribution in [3.63, 3.8) is 0 Å². The molecule has 0 amide bonds. The number of nitrogens with zero attached hydrogens (tertiary/aromatic N) is 3. The van der Waals surface area contributed by atoms with E-state index in [1.54, 1.807) is 12.1 Å². The van der Waals surface area contributed by atoms with Crippen molar-refractivity contribution < 1.29 is 4.74 Å². The first-order valence-corrected chi connectivity index (χ1v) is 5.61. The van der Waals surface area contributed by atoms with E-state index in [-0.39, 0.29) is 5.69 Å². The second kappa shape index (κ2) is 4.17. The van der Waals surface area contributed by atoms with Crippen molar-refractivity contribution >= 4 is 5.65 Å². The lowest BCUT2D eigenvalue weighted by Crippen LogP contribution is -2.17. The maximum absolute atomic E-state index is 11.3. The van der Waals surface area contributed by atoms with Gasteiger partial charge in [0.2, 0.25) is 5.88 Å². The van der Waals surface area contributed by atoms with Crippen LogP contribution in [0.5, 0.6) is 5.88 Å². The minimum Gasteiger partial charge on any atom is -0.476 e. The maximum atomic E-state index is 11.3. The molecule has 7 heteroatoms. The Balaban J connectivity index is 1.75. The van der Waals surface area contributed by atoms with Gasteiger partial charge in [-0.1, -0.05) is 0 Å². The number of aromatic amines is 1. The molecule has 1 saturated heterocycles. The highest BCUT2D eigenvalue weighted by atomic mass is 16.5. The Morgan fingerprint density at radius 3 is 3.29 bits per heavy atom. The van der Waals surface area contributed by atoms with E-state index in [0.717, 1.165) is 19.5 Å². The monoisotopic (exact) mass is 235 g/mol. The van der Waals surface area contributed by atoms with Gasteiger partial charge in [0, 0.05) is 18.5 Å². The van der Waals surface area contributed by atoms with Crippen LogP contribution in [0.15, 0.2) is 16.9 Å². The molecule has 0 radical (unpaired) electrons. The van der Waals surface area contributed by atoms with Gasteiger partial charge in [-0.25, -0.2) is 9.89 Å². The van der Waals surface area contributed by atoms with Crippen LogP contribution in [0.4, 0.5) is 0 Å². The summed E-state index contributed by atoms with van der Waals surface area (Å²) in [6, 6.07) is 3.42. The minimum atomic E-state index is -0.354. The van der Waals surface area contributed by atoms with Crippen molar-refractivity contribution in [2.45, 2.75) is 6.42 Å². The first kappa shape index (κ1) is 10.3. The maximum Gasteiger partial charge on any atom is 0.364 e. The average Bonchev–Trinajstić information content (AvgIpc) is 2.97. The largest absolute Gasteiger partial charge is 0.476 e. The highest BCUT2D eigenvalue weighted by molar-refractivity contribution is 5.35. The molecule has 3 rings (SSSR count). The number of hydrogen-bond donors (Lipinski definition) is 2. The zero-order chi connectivity index (χ0) is 11.7. The lowest BCUT2D eigenvalue weighted by atomic mass is 10.1. The van der Waals surface area contributed by atoms with E-state index in [1.807, 2.05) is 0 Å². The number of nitrogens with one attached hydrogen (secondary N) is 2. The van der Waals surface area contributed by atoms with Gasteiger partial charge in [0.15, 0.2) is 5.65 Å². The summed E-state index contributed by atoms with van der Waals surface area (Å²) in [7, 11) is 0. The molecule has 1 fully saturated rings. The van der Waals surface area contributed by atoms with E-state index in [2.05, 4.69) is 20.6 Å². The van der Waals surface area contributed by atoms with E-state index in [0.29, 0.717) is 24.1 Å². The van der Waals surface area contributed by atoms with Crippen molar-refractivity contribution in [1.82, 2.24) is 25.1 Å². The van der Waals surface area contributed by atoms with Gasteiger partial charge in [0.25, 0.3) is 0 Å². The number of aromatic nitrogens is 4. The molecule has 7 nitrogen and oxygen atoms in total. The molecule has 0 saturated carbocycles. The fourth-order valence-electron chi connectivity index (χ4n) is 1.92. The molecule has 2 aromatic rings. The van der Waals surface area contributed by atoms with Gasteiger partial charge in [-0.2, -0.15) is 9.61 Å². The van der Waals surface area contributed by atoms with Crippen LogP contribution >= 0.6 is 0 Å². The summed E-state index contributed by atoms with van der Waals surface area (Å²) in [4.78, 5) is 11.3. The summed E-state index contributed by atoms with van der Waals surface area (Å²) in [6.07, 6.45) is 1.12. The third kappa shape index (κ3) is 2.01. The van der Waals surface area contributed by atoms with Gasteiger partial charge in [-0.3, -0.25) is 0 Å². The first-order valence-electron chi connectivity index (χ1n) is 5.61. The number of H-pyrrole nitrogens is 1. The van der Waals surface area contributed by atoms with E-state index >= 15 is 0 Å². The minimum absolute atomic E-state index is 0.354. The zero-order valence-corrected chi connectivity index (χ0v) is 9.22. The Bertz CT molecular complexity index is 569. The van der Waals surface area contributed by atoms with Gasteiger partial charge in [0.1, 0.15) is 0 Å². The Morgan fingerprint density at radius 1 is 1.53 bits per heavy atom. The molecule has 1 unspecified atom stereocenters. The molecule has 0 aliphatic carbocycles. The lowest BCUT2D eigenvalue weighted by molar-refractivity contribution is 0.247. The summed E-state index contributed by atoms with van der Waals surface area (Å²) < 4.78 is 6.77. The second-order valence-corrected chi connectivity index (χ2v) is 4.14. The summed E-state index contributed by atoms with van der Waals surface area (Å²) in [5.41, 5.74) is 0.137. The van der Waals surface area contributed by atoms with Crippen molar-refractivity contribution in [3.8, 4) is 5.88 Å². The Kier molecular flexibility index (Phi) is 2.52. The molecule has 0 aromatic carbocycles. The van der Waals surface area contributed by atoms with Crippen molar-refractivity contribution in [2.24, 2.45) is 5.92 Å². The smallest absolute Gasteiger partial charge is 0.364 e. The van der Waals surface area contributed by atoms with Crippen molar-refractivity contribution in [2.75, 3.05) is 19.7 Å². The van der Waals surface area contributed by atoms with Crippen LogP contribution in [0.25, 0.3) is 5.65 Å². The van der Waals surface area contributed by atoms with E-state index < -0.39 is 0 Å². The number of rotatable bonds is 3. The molecule has 2 aromatic heterocycles. The highest BCUT2D eigenvalue weighted by Crippen LogP contribution is 2.11. The number of ether oxygens (including phenoxy) is 1. The third-order valence-electron chi connectivity index (χ3n) is 2.88. The van der Waals surface area contributed by atoms with Crippen LogP contribution in [-0.2, 0) is 0 Å². The predicted octanol–water partition coefficient (Wildman–Crippen LogP) is -0.594. The van der Waals surface area contributed by atoms with Gasteiger partial charge >= 0.3 is 5.69 Å². The van der Waals surface area contributed by atoms with E-state index in [9.17, 15) is 4.79 Å². The van der Waals surface area contributed by atoms with Crippen LogP contribution in [-0.4, -0.2) is 39.5 Å². The highest BCUT2D eigenvalue weighted by Gasteiger charge is 2.15. The molecular formula is C10H13N5O2. The summed E-state index contributed by atoms with van der Waals surface area (Å²) in [6.45, 7) is 2.65. The summed E-state index contributed by atoms with van der Waals surface area (Å²) in [5, 5.41) is 13.5. The average molecular weight is 235 g/mol. The lowest BCUT2D eigenvalue weighted by Gasteiger charge is -2.09. The van der Waals surface area contributed by atoms with Gasteiger partial charge in [0.05, 0.1) is 6.61 Å². The number of hydrogen-bond acceptors (Lipinski definition) is 5. The normalized spacial score (nSPS) is 19.9. The van der Waals surface area contributed by atoms with Crippen LogP contribution in [0.2, 0.25) is 0 Å². The van der Waals surface area contributed by atoms with Crippen LogP contribution in [0.1, 0.15) is 6.42 Å². The standard InChI is InChI=1S/C10H13N5O2/c16-10-13-12-8-1-2-9(14-15(8)10)17-6-7-3-4-11-5-7/h1-2,7,11H,3-6H2,(H,13,16). The fraction of sp³-hybridized carbons (Fsp3) is 0.500. The molecule has 3 heterocycles. The van der Waals surface area contributed by atoms with Crippen LogP contribution in [0, 0.1) is 5.92 Å². The SMILES string of the molecule is O=c1[nH]nc2ccc(OCC3CCNC3)nn12. The van der Waals surface area contributed by atoms with Gasteiger partial charge in [-0.15, -0.1) is 5.10 Å². The zero-order valence-electron chi connectivity index (χ0n) is 9.22. The topological polar surface area (TPSA) is 84.3 Å². The fourth-order valence-corrected chi connectivity index (χ4v) is 1.92. The van der Waals surface area contributed by atoms with E-state index in [1.165, 1.54) is 4.52 Å². The molecule has 0 spiro atoms. The molecule has 17 heavy (non-hydrogen) atoms. The Labute approximate surface area is 96.8 Å². The van der Waals surface area contributed by atoms with Crippen LogP contribution < -0.4 is 15.7 Å². The molecule has 1 atom stereocenters. The summed E-state index contributed by atoms with van der Waals surface area (Å²) in [5.74, 6) is 0.974. The molecule has 1 aliphatic heterocycles. The van der Waals surface area contributed by atoms with Crippen molar-refractivity contribution in [1.29, 1.82) is 0 Å². The van der Waals surface area contributed by atoms with E-state index in [4.69, 9.17) is 4.74 Å². The first-order chi connectivity index (χ1) is 8.33. The predicted molar refractivity (Wildman–Crippen MR) is 60.1 cm³/mol. The van der Waals surface area contributed by atoms with Crippen LogP contribution in [0.3, 0.4) is 0 Å². The molecule has 1 aliphatic rings. The second-order valence-electron chi connectivity index (χ2n) is 4.14. The van der Waals surface area contributed by atoms with Gasteiger partial charge in [-0.05, 0) is 19.0 Å². The Morgan fingerprint density at radius 2 is 2.47 bits per heavy atom. The molecule has 90 valence electrons. The number of fused-ring (bicyclic) bond motifs is 1. The van der Waals surface area contributed by atoms with Crippen molar-refractivity contribution in [3.05, 3.63) is 22.6 Å². The quantitative estimate of drug-likeness (QED) is 0.742. The molecule has 2 N–H and O–H groups in total. The van der Waals surface area contributed by atoms with Gasteiger partial charge < -0.3 is 10.1 Å². The molecular weight excluding hydrogens is 222 g/mol. The molecule has 0 bridgehead atoms. The summed E-state index contributed by atoms with van der Waals surface area (Å²) >= 11 is 0.